The summed E-state index contributed by atoms with van der Waals surface area (Å²) in [6.07, 6.45) is 12.5. The summed E-state index contributed by atoms with van der Waals surface area (Å²) in [5, 5.41) is 10.2. The Morgan fingerprint density at radius 2 is 1.97 bits per heavy atom. The molecule has 0 heterocycles. The smallest absolute Gasteiger partial charge is 0.305 e. The molecular formula is C25H38O4. The van der Waals surface area contributed by atoms with Crippen molar-refractivity contribution in [1.29, 1.82) is 0 Å². The van der Waals surface area contributed by atoms with Gasteiger partial charge in [-0.05, 0) is 97.9 Å². The van der Waals surface area contributed by atoms with Gasteiger partial charge < -0.3 is 9.84 Å². The number of aliphatic hydroxyl groups is 1. The molecule has 3 saturated carbocycles. The second-order valence-corrected chi connectivity index (χ2v) is 10.7. The van der Waals surface area contributed by atoms with Crippen LogP contribution in [0.5, 0.6) is 0 Å². The van der Waals surface area contributed by atoms with Crippen LogP contribution in [0.3, 0.4) is 0 Å². The first kappa shape index (κ1) is 20.9. The van der Waals surface area contributed by atoms with Gasteiger partial charge in [-0.3, -0.25) is 9.59 Å². The highest BCUT2D eigenvalue weighted by atomic mass is 16.5. The molecule has 0 aliphatic heterocycles. The first-order chi connectivity index (χ1) is 13.8. The van der Waals surface area contributed by atoms with E-state index >= 15 is 0 Å². The molecule has 3 fully saturated rings. The zero-order valence-electron chi connectivity index (χ0n) is 18.4. The Morgan fingerprint density at radius 3 is 2.72 bits per heavy atom. The Bertz CT molecular complexity index is 697. The fraction of sp³-hybridized carbons (Fsp3) is 0.840. The van der Waals surface area contributed by atoms with Crippen molar-refractivity contribution in [2.45, 2.75) is 85.0 Å². The van der Waals surface area contributed by atoms with Crippen LogP contribution in [0.1, 0.15) is 85.0 Å². The Morgan fingerprint density at radius 1 is 1.17 bits per heavy atom. The fourth-order valence-corrected chi connectivity index (χ4v) is 7.92. The van der Waals surface area contributed by atoms with E-state index < -0.39 is 0 Å². The number of carbonyl (C=O) groups excluding carboxylic acids is 2. The predicted octanol–water partition coefficient (Wildman–Crippen LogP) is 5.61. The molecule has 1 N–H and O–H groups in total. The third-order valence-electron chi connectivity index (χ3n) is 9.57. The number of rotatable bonds is 5. The largest absolute Gasteiger partial charge is 0.505 e. The maximum absolute atomic E-state index is 12.1. The highest BCUT2D eigenvalue weighted by Gasteiger charge is 2.59. The van der Waals surface area contributed by atoms with Crippen LogP contribution in [0, 0.1) is 40.4 Å². The second-order valence-electron chi connectivity index (χ2n) is 10.7. The van der Waals surface area contributed by atoms with E-state index in [0.29, 0.717) is 36.7 Å². The molecule has 0 saturated heterocycles. The van der Waals surface area contributed by atoms with Gasteiger partial charge in [-0.25, -0.2) is 0 Å². The summed E-state index contributed by atoms with van der Waals surface area (Å²) in [4.78, 5) is 23.4. The molecule has 0 radical (unpaired) electrons. The van der Waals surface area contributed by atoms with Crippen molar-refractivity contribution >= 4 is 11.8 Å². The van der Waals surface area contributed by atoms with Crippen molar-refractivity contribution in [1.82, 2.24) is 0 Å². The summed E-state index contributed by atoms with van der Waals surface area (Å²) in [6, 6.07) is 0. The summed E-state index contributed by atoms with van der Waals surface area (Å²) in [6.45, 7) is 7.24. The average Bonchev–Trinajstić information content (AvgIpc) is 3.02. The topological polar surface area (TPSA) is 63.6 Å². The molecule has 162 valence electrons. The predicted molar refractivity (Wildman–Crippen MR) is 112 cm³/mol. The van der Waals surface area contributed by atoms with Crippen LogP contribution < -0.4 is 0 Å². The minimum Gasteiger partial charge on any atom is -0.505 e. The number of carbonyl (C=O) groups is 2. The number of hydrogen-bond donors (Lipinski definition) is 1. The summed E-state index contributed by atoms with van der Waals surface area (Å²) >= 11 is 0. The van der Waals surface area contributed by atoms with Gasteiger partial charge in [0.15, 0.2) is 11.5 Å². The van der Waals surface area contributed by atoms with E-state index in [1.54, 1.807) is 0 Å². The lowest BCUT2D eigenvalue weighted by Gasteiger charge is -2.59. The van der Waals surface area contributed by atoms with E-state index in [4.69, 9.17) is 4.74 Å². The quantitative estimate of drug-likeness (QED) is 0.479. The highest BCUT2D eigenvalue weighted by molar-refractivity contribution is 5.94. The number of ketones is 1. The van der Waals surface area contributed by atoms with E-state index in [9.17, 15) is 14.7 Å². The van der Waals surface area contributed by atoms with Crippen molar-refractivity contribution in [3.8, 4) is 0 Å². The first-order valence-electron chi connectivity index (χ1n) is 11.9. The summed E-state index contributed by atoms with van der Waals surface area (Å²) < 4.78 is 5.30. The molecule has 0 aromatic carbocycles. The normalized spacial score (nSPS) is 43.8. The number of ether oxygens (including phenoxy) is 1. The van der Waals surface area contributed by atoms with Crippen LogP contribution in [0.2, 0.25) is 0 Å². The van der Waals surface area contributed by atoms with Crippen LogP contribution >= 0.6 is 0 Å². The lowest BCUT2D eigenvalue weighted by Crippen LogP contribution is -2.52. The monoisotopic (exact) mass is 402 g/mol. The maximum Gasteiger partial charge on any atom is 0.305 e. The first-order valence-corrected chi connectivity index (χ1v) is 11.9. The molecule has 4 aliphatic rings. The molecule has 0 spiro atoms. The second kappa shape index (κ2) is 7.74. The third kappa shape index (κ3) is 3.45. The maximum atomic E-state index is 12.1. The Labute approximate surface area is 175 Å². The van der Waals surface area contributed by atoms with Gasteiger partial charge in [0, 0.05) is 12.8 Å². The van der Waals surface area contributed by atoms with Crippen LogP contribution in [-0.4, -0.2) is 23.5 Å². The van der Waals surface area contributed by atoms with Gasteiger partial charge in [-0.15, -0.1) is 0 Å². The molecule has 0 amide bonds. The fourth-order valence-electron chi connectivity index (χ4n) is 7.92. The van der Waals surface area contributed by atoms with Crippen molar-refractivity contribution in [3.05, 3.63) is 11.8 Å². The van der Waals surface area contributed by atoms with Gasteiger partial charge in [0.05, 0.1) is 6.61 Å². The van der Waals surface area contributed by atoms with E-state index in [2.05, 4.69) is 13.8 Å². The average molecular weight is 403 g/mol. The highest BCUT2D eigenvalue weighted by Crippen LogP contribution is 2.67. The van der Waals surface area contributed by atoms with Gasteiger partial charge in [0.2, 0.25) is 0 Å². The SMILES string of the molecule is CCC(=O)OCCC[C@@H]1CC[C@H]2[C@@H]3CC[C@H]4CC(=O)C(O)=C[C@]4(C)[C@H]3CC[C@]12C. The number of allylic oxidation sites excluding steroid dienone is 2. The number of fused-ring (bicyclic) bond motifs is 5. The molecule has 4 aliphatic carbocycles. The number of esters is 1. The minimum absolute atomic E-state index is 0.0173. The molecule has 0 unspecified atom stereocenters. The Hall–Kier alpha value is -1.32. The van der Waals surface area contributed by atoms with Gasteiger partial charge in [-0.1, -0.05) is 20.8 Å². The summed E-state index contributed by atoms with van der Waals surface area (Å²) in [7, 11) is 0. The van der Waals surface area contributed by atoms with Gasteiger partial charge in [0.25, 0.3) is 0 Å². The van der Waals surface area contributed by atoms with Crippen LogP contribution in [0.15, 0.2) is 11.8 Å². The van der Waals surface area contributed by atoms with E-state index in [1.165, 1.54) is 32.1 Å². The minimum atomic E-state index is -0.0895. The van der Waals surface area contributed by atoms with Crippen LogP contribution in [0.4, 0.5) is 0 Å². The van der Waals surface area contributed by atoms with E-state index in [1.807, 2.05) is 13.0 Å². The van der Waals surface area contributed by atoms with E-state index in [0.717, 1.165) is 37.0 Å². The lowest BCUT2D eigenvalue weighted by atomic mass is 9.45. The van der Waals surface area contributed by atoms with Gasteiger partial charge >= 0.3 is 5.97 Å². The lowest BCUT2D eigenvalue weighted by molar-refractivity contribution is -0.143. The number of aliphatic hydroxyl groups excluding tert-OH is 1. The molecule has 4 rings (SSSR count). The molecule has 0 aromatic heterocycles. The molecule has 0 bridgehead atoms. The Balaban J connectivity index is 1.45. The van der Waals surface area contributed by atoms with Gasteiger partial charge in [-0.2, -0.15) is 0 Å². The Kier molecular flexibility index (Phi) is 5.59. The molecule has 7 atom stereocenters. The van der Waals surface area contributed by atoms with Crippen LogP contribution in [-0.2, 0) is 14.3 Å². The number of hydrogen-bond acceptors (Lipinski definition) is 4. The summed E-state index contributed by atoms with van der Waals surface area (Å²) in [5.41, 5.74) is 0.379. The molecule has 29 heavy (non-hydrogen) atoms. The zero-order chi connectivity index (χ0) is 20.8. The molecule has 0 aromatic rings. The van der Waals surface area contributed by atoms with Crippen molar-refractivity contribution < 1.29 is 19.4 Å². The third-order valence-corrected chi connectivity index (χ3v) is 9.57. The molecular weight excluding hydrogens is 364 g/mol. The van der Waals surface area contributed by atoms with Crippen molar-refractivity contribution in [3.63, 3.8) is 0 Å². The number of Topliss-reactive ketones (excluding diaryl/α,β-unsaturated/α-hetero) is 1. The van der Waals surface area contributed by atoms with E-state index in [-0.39, 0.29) is 22.9 Å². The molecule has 4 nitrogen and oxygen atoms in total. The molecule has 4 heteroatoms. The van der Waals surface area contributed by atoms with Crippen molar-refractivity contribution in [2.24, 2.45) is 40.4 Å². The van der Waals surface area contributed by atoms with Crippen molar-refractivity contribution in [2.75, 3.05) is 6.61 Å². The van der Waals surface area contributed by atoms with Crippen LogP contribution in [0.25, 0.3) is 0 Å². The standard InChI is InChI=1S/C25H38O4/c1-4-23(28)29-13-5-6-16-8-10-19-18-9-7-17-14-21(26)22(27)15-25(17,3)20(18)11-12-24(16,19)2/h15-20,27H,4-14H2,1-3H3/t16-,17+,18+,19+,20+,24-,25+/m1/s1. The zero-order valence-corrected chi connectivity index (χ0v) is 18.4. The van der Waals surface area contributed by atoms with Gasteiger partial charge in [0.1, 0.15) is 0 Å². The summed E-state index contributed by atoms with van der Waals surface area (Å²) in [5.74, 6) is 3.08.